The molecule has 1 unspecified atom stereocenters. The van der Waals surface area contributed by atoms with Crippen LogP contribution >= 0.6 is 11.5 Å². The Labute approximate surface area is 188 Å². The quantitative estimate of drug-likeness (QED) is 0.629. The van der Waals surface area contributed by atoms with Gasteiger partial charge in [-0.1, -0.05) is 55.0 Å². The minimum atomic E-state index is -0.0367. The number of nitrogens with zero attached hydrogens (tertiary/aromatic N) is 4. The number of amides is 2. The maximum atomic E-state index is 12.9. The van der Waals surface area contributed by atoms with Crippen LogP contribution in [0.25, 0.3) is 0 Å². The van der Waals surface area contributed by atoms with E-state index in [0.29, 0.717) is 6.54 Å². The summed E-state index contributed by atoms with van der Waals surface area (Å²) in [5.41, 5.74) is 4.52. The highest BCUT2D eigenvalue weighted by Gasteiger charge is 2.29. The van der Waals surface area contributed by atoms with Crippen LogP contribution in [0.4, 0.5) is 15.6 Å². The number of urea groups is 1. The summed E-state index contributed by atoms with van der Waals surface area (Å²) in [7, 11) is 0. The van der Waals surface area contributed by atoms with Gasteiger partial charge in [0.25, 0.3) is 0 Å². The van der Waals surface area contributed by atoms with Crippen LogP contribution in [0.15, 0.2) is 48.5 Å². The van der Waals surface area contributed by atoms with Gasteiger partial charge >= 0.3 is 6.03 Å². The van der Waals surface area contributed by atoms with Crippen molar-refractivity contribution in [2.75, 3.05) is 29.9 Å². The lowest BCUT2D eigenvalue weighted by atomic mass is 10.1. The van der Waals surface area contributed by atoms with Crippen LogP contribution in [0.3, 0.4) is 0 Å². The minimum absolute atomic E-state index is 0.0367. The van der Waals surface area contributed by atoms with E-state index in [1.165, 1.54) is 22.7 Å². The lowest BCUT2D eigenvalue weighted by molar-refractivity contribution is 0.185. The fourth-order valence-electron chi connectivity index (χ4n) is 3.90. The predicted octanol–water partition coefficient (Wildman–Crippen LogP) is 4.74. The zero-order chi connectivity index (χ0) is 21.8. The molecule has 2 amide bonds. The van der Waals surface area contributed by atoms with Crippen molar-refractivity contribution in [1.29, 1.82) is 0 Å². The molecule has 0 saturated carbocycles. The number of anilines is 2. The van der Waals surface area contributed by atoms with Gasteiger partial charge in [-0.15, -0.1) is 0 Å². The molecular weight excluding hydrogens is 406 g/mol. The molecule has 162 valence electrons. The number of nitrogens with one attached hydrogen (secondary N) is 1. The van der Waals surface area contributed by atoms with Gasteiger partial charge in [-0.2, -0.15) is 4.37 Å². The van der Waals surface area contributed by atoms with Gasteiger partial charge in [0.15, 0.2) is 0 Å². The van der Waals surface area contributed by atoms with Crippen LogP contribution in [0.2, 0.25) is 0 Å². The first-order valence-corrected chi connectivity index (χ1v) is 11.6. The van der Waals surface area contributed by atoms with E-state index >= 15 is 0 Å². The number of aromatic nitrogens is 2. The molecule has 0 radical (unpaired) electrons. The minimum Gasteiger partial charge on any atom is -0.343 e. The van der Waals surface area contributed by atoms with Crippen LogP contribution in [-0.4, -0.2) is 46.0 Å². The molecule has 2 heterocycles. The van der Waals surface area contributed by atoms with Crippen LogP contribution in [0.5, 0.6) is 0 Å². The summed E-state index contributed by atoms with van der Waals surface area (Å²) in [6.07, 6.45) is 1.63. The van der Waals surface area contributed by atoms with Gasteiger partial charge in [-0.05, 0) is 37.5 Å². The van der Waals surface area contributed by atoms with Gasteiger partial charge < -0.3 is 15.1 Å². The number of benzene rings is 2. The molecule has 1 aliphatic rings. The molecular formula is C24H29N5OS. The topological polar surface area (TPSA) is 61.4 Å². The SMILES string of the molecule is CCc1ccccc1NC(=O)N1CCN(c2nc(Cc3ccc(C)cc3)ns2)CC1C. The summed E-state index contributed by atoms with van der Waals surface area (Å²) in [6.45, 7) is 8.45. The zero-order valence-electron chi connectivity index (χ0n) is 18.3. The lowest BCUT2D eigenvalue weighted by Crippen LogP contribution is -2.55. The number of aryl methyl sites for hydroxylation is 2. The van der Waals surface area contributed by atoms with Crippen molar-refractivity contribution in [1.82, 2.24) is 14.3 Å². The standard InChI is InChI=1S/C24H29N5OS/c1-4-20-7-5-6-8-21(20)25-23(30)29-14-13-28(16-18(29)3)24-26-22(27-31-24)15-19-11-9-17(2)10-12-19/h5-12,18H,4,13-16H2,1-3H3,(H,25,30). The number of hydrogen-bond donors (Lipinski definition) is 1. The summed E-state index contributed by atoms with van der Waals surface area (Å²) >= 11 is 1.44. The molecule has 0 spiro atoms. The monoisotopic (exact) mass is 435 g/mol. The third-order valence-electron chi connectivity index (χ3n) is 5.74. The smallest absolute Gasteiger partial charge is 0.322 e. The number of para-hydroxylation sites is 1. The molecule has 6 nitrogen and oxygen atoms in total. The van der Waals surface area contributed by atoms with E-state index in [9.17, 15) is 4.79 Å². The van der Waals surface area contributed by atoms with E-state index in [1.807, 2.05) is 23.1 Å². The summed E-state index contributed by atoms with van der Waals surface area (Å²) in [4.78, 5) is 21.8. The molecule has 7 heteroatoms. The second-order valence-corrected chi connectivity index (χ2v) is 8.82. The molecule has 1 N–H and O–H groups in total. The Bertz CT molecular complexity index is 1030. The van der Waals surface area contributed by atoms with Crippen LogP contribution in [0.1, 0.15) is 36.4 Å². The second kappa shape index (κ2) is 9.47. The third-order valence-corrected chi connectivity index (χ3v) is 6.55. The van der Waals surface area contributed by atoms with E-state index in [-0.39, 0.29) is 12.1 Å². The number of carbonyl (C=O) groups is 1. The maximum absolute atomic E-state index is 12.9. The molecule has 2 aromatic carbocycles. The van der Waals surface area contributed by atoms with E-state index < -0.39 is 0 Å². The average molecular weight is 436 g/mol. The van der Waals surface area contributed by atoms with E-state index in [2.05, 4.69) is 65.7 Å². The van der Waals surface area contributed by atoms with Crippen LogP contribution < -0.4 is 10.2 Å². The first kappa shape index (κ1) is 21.3. The van der Waals surface area contributed by atoms with Gasteiger partial charge in [0, 0.05) is 49.3 Å². The number of rotatable bonds is 5. The first-order valence-electron chi connectivity index (χ1n) is 10.8. The summed E-state index contributed by atoms with van der Waals surface area (Å²) in [5.74, 6) is 0.854. The predicted molar refractivity (Wildman–Crippen MR) is 127 cm³/mol. The molecule has 0 aliphatic carbocycles. The average Bonchev–Trinajstić information content (AvgIpc) is 3.24. The number of piperazine rings is 1. The fraction of sp³-hybridized carbons (Fsp3) is 0.375. The van der Waals surface area contributed by atoms with Gasteiger partial charge in [-0.3, -0.25) is 0 Å². The Morgan fingerprint density at radius 3 is 2.68 bits per heavy atom. The lowest BCUT2D eigenvalue weighted by Gasteiger charge is -2.39. The molecule has 31 heavy (non-hydrogen) atoms. The fourth-order valence-corrected chi connectivity index (χ4v) is 4.62. The molecule has 4 rings (SSSR count). The van der Waals surface area contributed by atoms with Crippen LogP contribution in [-0.2, 0) is 12.8 Å². The van der Waals surface area contributed by atoms with E-state index in [4.69, 9.17) is 4.98 Å². The van der Waals surface area contributed by atoms with Gasteiger partial charge in [0.05, 0.1) is 0 Å². The maximum Gasteiger partial charge on any atom is 0.322 e. The third kappa shape index (κ3) is 5.05. The molecule has 0 bridgehead atoms. The van der Waals surface area contributed by atoms with Crippen molar-refractivity contribution in [3.8, 4) is 0 Å². The highest BCUT2D eigenvalue weighted by Crippen LogP contribution is 2.23. The summed E-state index contributed by atoms with van der Waals surface area (Å²) in [5, 5.41) is 4.03. The van der Waals surface area contributed by atoms with Crippen molar-refractivity contribution < 1.29 is 4.79 Å². The Morgan fingerprint density at radius 1 is 1.16 bits per heavy atom. The summed E-state index contributed by atoms with van der Waals surface area (Å²) < 4.78 is 4.56. The molecule has 1 atom stereocenters. The van der Waals surface area contributed by atoms with Gasteiger partial charge in [-0.25, -0.2) is 9.78 Å². The Balaban J connectivity index is 1.36. The van der Waals surface area contributed by atoms with Crippen molar-refractivity contribution in [3.63, 3.8) is 0 Å². The Morgan fingerprint density at radius 2 is 1.94 bits per heavy atom. The zero-order valence-corrected chi connectivity index (χ0v) is 19.2. The molecule has 1 saturated heterocycles. The van der Waals surface area contributed by atoms with Crippen LogP contribution in [0, 0.1) is 6.92 Å². The molecule has 3 aromatic rings. The summed E-state index contributed by atoms with van der Waals surface area (Å²) in [6, 6.07) is 16.5. The second-order valence-electron chi connectivity index (χ2n) is 8.08. The highest BCUT2D eigenvalue weighted by atomic mass is 32.1. The normalized spacial score (nSPS) is 16.4. The van der Waals surface area contributed by atoms with Crippen molar-refractivity contribution in [3.05, 3.63) is 71.0 Å². The number of carbonyl (C=O) groups excluding carboxylic acids is 1. The largest absolute Gasteiger partial charge is 0.343 e. The number of hydrogen-bond acceptors (Lipinski definition) is 5. The molecule has 1 aromatic heterocycles. The van der Waals surface area contributed by atoms with Gasteiger partial charge in [0.2, 0.25) is 5.13 Å². The van der Waals surface area contributed by atoms with E-state index in [1.54, 1.807) is 0 Å². The molecule has 1 fully saturated rings. The van der Waals surface area contributed by atoms with Gasteiger partial charge in [0.1, 0.15) is 5.82 Å². The Kier molecular flexibility index (Phi) is 6.51. The molecule has 1 aliphatic heterocycles. The van der Waals surface area contributed by atoms with Crippen molar-refractivity contribution in [2.45, 2.75) is 39.7 Å². The highest BCUT2D eigenvalue weighted by molar-refractivity contribution is 7.09. The van der Waals surface area contributed by atoms with E-state index in [0.717, 1.165) is 48.1 Å². The van der Waals surface area contributed by atoms with Crippen molar-refractivity contribution >= 4 is 28.4 Å². The first-order chi connectivity index (χ1) is 15.0. The Hall–Kier alpha value is -2.93. The van der Waals surface area contributed by atoms with Crippen molar-refractivity contribution in [2.24, 2.45) is 0 Å².